The van der Waals surface area contributed by atoms with Gasteiger partial charge in [0, 0.05) is 0 Å². The Morgan fingerprint density at radius 2 is 0.600 bits per heavy atom. The fourth-order valence-corrected chi connectivity index (χ4v) is 23.3. The normalized spacial score (nSPS) is 35.4. The van der Waals surface area contributed by atoms with Crippen LogP contribution < -0.4 is 0 Å². The lowest BCUT2D eigenvalue weighted by Gasteiger charge is -2.36. The zero-order chi connectivity index (χ0) is 86.2. The molecule has 0 radical (unpaired) electrons. The van der Waals surface area contributed by atoms with E-state index in [1.807, 2.05) is 0 Å². The molecule has 0 saturated heterocycles. The Morgan fingerprint density at radius 1 is 0.226 bits per heavy atom. The largest absolute Gasteiger partial charge is 0.393 e. The molecule has 0 heterocycles. The van der Waals surface area contributed by atoms with Crippen molar-refractivity contribution >= 4 is 0 Å². The van der Waals surface area contributed by atoms with Gasteiger partial charge in [0.25, 0.3) is 0 Å². The van der Waals surface area contributed by atoms with Crippen LogP contribution in [0.15, 0.2) is 0 Å². The molecule has 9 heteroatoms. The minimum atomic E-state index is -0.0206. The summed E-state index contributed by atoms with van der Waals surface area (Å²) in [6, 6.07) is 0. The molecule has 115 heavy (non-hydrogen) atoms. The molecule has 9 rings (SSSR count). The van der Waals surface area contributed by atoms with E-state index in [1.165, 1.54) is 257 Å². The number of hydrogen-bond acceptors (Lipinski definition) is 9. The van der Waals surface area contributed by atoms with Crippen molar-refractivity contribution in [1.29, 1.82) is 0 Å². The van der Waals surface area contributed by atoms with E-state index >= 15 is 0 Å². The molecule has 0 aromatic heterocycles. The second-order valence-corrected chi connectivity index (χ2v) is 41.2. The first-order valence-electron chi connectivity index (χ1n) is 52.2. The molecule has 0 aliphatic heterocycles. The van der Waals surface area contributed by atoms with E-state index in [4.69, 9.17) is 0 Å². The van der Waals surface area contributed by atoms with Crippen LogP contribution in [0, 0.1) is 124 Å². The lowest BCUT2D eigenvalue weighted by molar-refractivity contribution is 0.0115. The van der Waals surface area contributed by atoms with Crippen molar-refractivity contribution in [2.45, 2.75) is 553 Å². The summed E-state index contributed by atoms with van der Waals surface area (Å²) < 4.78 is 0. The molecule has 0 bridgehead atoms. The van der Waals surface area contributed by atoms with Crippen molar-refractivity contribution in [1.82, 2.24) is 0 Å². The van der Waals surface area contributed by atoms with Crippen molar-refractivity contribution in [2.75, 3.05) is 0 Å². The standard InChI is InChI=1S/7C12H24O.2C11H22O/c1-4-11-10(8-9(2)3)6-5-7-12(11)13;1-3-5-7-10-8-6-9-12(13)11(10)4-2;1-3-5-7-11-9-6-8-10(4-2)12(11)13;1-3-5-6-10-7-8-12(13)11(4-2)9-10;1-3-5-6-10-7-8-11(4-2)12(13)9-10;1-3-5-6-11-9-12(13)8-7-10(11)4-2;1-3-5-6-11-9-10(4-2)7-8-12(11)13;1-4-9-5-6-10(12)7-11(9)8(2)3;1-4-9-5-6-11(12)10(7-9)8(2)3/h9-13H,4-8H2,1-3H3;6*10-13H,3-9H2,1-2H3;2*8-12H,4-7H2,1-3H3. The van der Waals surface area contributed by atoms with Crippen LogP contribution in [0.25, 0.3) is 0 Å². The van der Waals surface area contributed by atoms with Gasteiger partial charge in [-0.05, 0) is 298 Å². The Labute approximate surface area is 719 Å². The SMILES string of the molecule is CCC1C(O)CCCC1CC(C)C.CCC1CCC(O)C(C(C)C)C1.CCC1CCC(O)CC1C(C)C.CCCCC1CC(CC)CCC1O.CCCCC1CC(O)CCC1CC.CCCCC1CCC(CC)C(O)C1.CCCCC1CCC(O)C(CC)C1.CCCCC1CCCC(CC)C1O.CCCCC1CCCC(O)C1CC. The number of aliphatic hydroxyl groups excluding tert-OH is 9. The van der Waals surface area contributed by atoms with Crippen LogP contribution in [0.5, 0.6) is 0 Å². The molecule has 9 aliphatic carbocycles. The van der Waals surface area contributed by atoms with Gasteiger partial charge in [-0.1, -0.05) is 325 Å². The molecule has 9 N–H and O–H groups in total. The summed E-state index contributed by atoms with van der Waals surface area (Å²) in [6.45, 7) is 47.2. The molecule has 0 spiro atoms. The van der Waals surface area contributed by atoms with Gasteiger partial charge in [0.05, 0.1) is 54.9 Å². The van der Waals surface area contributed by atoms with E-state index < -0.39 is 0 Å². The van der Waals surface area contributed by atoms with Gasteiger partial charge in [-0.25, -0.2) is 0 Å². The van der Waals surface area contributed by atoms with Crippen LogP contribution in [0.1, 0.15) is 499 Å². The van der Waals surface area contributed by atoms with E-state index in [0.717, 1.165) is 167 Å². The predicted molar refractivity (Wildman–Crippen MR) is 500 cm³/mol. The molecular weight excluding hydrogens is 1420 g/mol. The maximum absolute atomic E-state index is 10.1. The minimum Gasteiger partial charge on any atom is -0.393 e. The highest BCUT2D eigenvalue weighted by Crippen LogP contribution is 2.43. The molecule has 0 aromatic carbocycles. The molecule has 9 saturated carbocycles. The quantitative estimate of drug-likeness (QED) is 0.0326. The Hall–Kier alpha value is -0.360. The van der Waals surface area contributed by atoms with Crippen molar-refractivity contribution in [3.63, 3.8) is 0 Å². The van der Waals surface area contributed by atoms with Crippen LogP contribution in [-0.4, -0.2) is 101 Å². The number of aliphatic hydroxyl groups is 9. The number of rotatable bonds is 31. The summed E-state index contributed by atoms with van der Waals surface area (Å²) in [4.78, 5) is 0. The van der Waals surface area contributed by atoms with Crippen LogP contribution in [-0.2, 0) is 0 Å². The third kappa shape index (κ3) is 47.0. The summed E-state index contributed by atoms with van der Waals surface area (Å²) >= 11 is 0. The second-order valence-electron chi connectivity index (χ2n) is 41.2. The van der Waals surface area contributed by atoms with E-state index in [9.17, 15) is 46.0 Å². The molecule has 0 amide bonds. The summed E-state index contributed by atoms with van der Waals surface area (Å²) in [5.74, 6) is 15.3. The van der Waals surface area contributed by atoms with Gasteiger partial charge in [0.15, 0.2) is 0 Å². The Bertz CT molecular complexity index is 2110. The first-order valence-corrected chi connectivity index (χ1v) is 52.2. The van der Waals surface area contributed by atoms with Gasteiger partial charge in [0.2, 0.25) is 0 Å². The first kappa shape index (κ1) is 113. The van der Waals surface area contributed by atoms with Gasteiger partial charge in [0.1, 0.15) is 0 Å². The Kier molecular flexibility index (Phi) is 67.5. The summed E-state index contributed by atoms with van der Waals surface area (Å²) in [5, 5.41) is 88.0. The molecule has 9 fully saturated rings. The average molecular weight is 1630 g/mol. The fraction of sp³-hybridized carbons (Fsp3) is 1.00. The first-order chi connectivity index (χ1) is 55.1. The molecule has 27 atom stereocenters. The summed E-state index contributed by atoms with van der Waals surface area (Å²) in [5.41, 5.74) is 0. The second kappa shape index (κ2) is 68.9. The highest BCUT2D eigenvalue weighted by molar-refractivity contribution is 4.88. The lowest BCUT2D eigenvalue weighted by atomic mass is 9.71. The summed E-state index contributed by atoms with van der Waals surface area (Å²) in [7, 11) is 0. The van der Waals surface area contributed by atoms with Gasteiger partial charge in [-0.3, -0.25) is 0 Å². The molecule has 9 nitrogen and oxygen atoms in total. The maximum Gasteiger partial charge on any atom is 0.0596 e. The third-order valence-electron chi connectivity index (χ3n) is 31.6. The van der Waals surface area contributed by atoms with Crippen molar-refractivity contribution in [2.24, 2.45) is 124 Å². The van der Waals surface area contributed by atoms with E-state index in [1.54, 1.807) is 0 Å². The van der Waals surface area contributed by atoms with Gasteiger partial charge in [-0.15, -0.1) is 0 Å². The zero-order valence-corrected chi connectivity index (χ0v) is 81.2. The maximum atomic E-state index is 10.1. The highest BCUT2D eigenvalue weighted by atomic mass is 16.3. The lowest BCUT2D eigenvalue weighted by Crippen LogP contribution is -2.32. The van der Waals surface area contributed by atoms with E-state index in [0.29, 0.717) is 53.3 Å². The van der Waals surface area contributed by atoms with Crippen LogP contribution >= 0.6 is 0 Å². The van der Waals surface area contributed by atoms with Crippen molar-refractivity contribution in [3.8, 4) is 0 Å². The molecule has 690 valence electrons. The Balaban J connectivity index is 0.000000647. The van der Waals surface area contributed by atoms with E-state index in [-0.39, 0.29) is 54.9 Å². The highest BCUT2D eigenvalue weighted by Gasteiger charge is 2.37. The minimum absolute atomic E-state index is 0.000561. The van der Waals surface area contributed by atoms with Crippen LogP contribution in [0.2, 0.25) is 0 Å². The van der Waals surface area contributed by atoms with E-state index in [2.05, 4.69) is 145 Å². The van der Waals surface area contributed by atoms with Gasteiger partial charge in [-0.2, -0.15) is 0 Å². The number of hydrogen-bond donors (Lipinski definition) is 9. The third-order valence-corrected chi connectivity index (χ3v) is 31.6. The van der Waals surface area contributed by atoms with Gasteiger partial charge >= 0.3 is 0 Å². The molecule has 27 unspecified atom stereocenters. The average Bonchev–Trinajstić information content (AvgIpc) is 0.881. The molecule has 9 aliphatic rings. The van der Waals surface area contributed by atoms with Crippen molar-refractivity contribution in [3.05, 3.63) is 0 Å². The molecule has 0 aromatic rings. The van der Waals surface area contributed by atoms with Crippen LogP contribution in [0.3, 0.4) is 0 Å². The van der Waals surface area contributed by atoms with Gasteiger partial charge < -0.3 is 46.0 Å². The smallest absolute Gasteiger partial charge is 0.0596 e. The number of unbranched alkanes of at least 4 members (excludes halogenated alkanes) is 6. The van der Waals surface area contributed by atoms with Crippen LogP contribution in [0.4, 0.5) is 0 Å². The zero-order valence-electron chi connectivity index (χ0n) is 81.2. The molecular formula is C106H212O9. The predicted octanol–water partition coefficient (Wildman–Crippen LogP) is 29.1. The monoisotopic (exact) mass is 1630 g/mol. The topological polar surface area (TPSA) is 182 Å². The fourth-order valence-electron chi connectivity index (χ4n) is 23.3. The van der Waals surface area contributed by atoms with Crippen molar-refractivity contribution < 1.29 is 46.0 Å². The summed E-state index contributed by atoms with van der Waals surface area (Å²) in [6.07, 6.45) is 68.0. The Morgan fingerprint density at radius 3 is 1.08 bits per heavy atom.